The quantitative estimate of drug-likeness (QED) is 0.555. The summed E-state index contributed by atoms with van der Waals surface area (Å²) in [4.78, 5) is 47.3. The Morgan fingerprint density at radius 3 is 2.37 bits per heavy atom. The Labute approximate surface area is 208 Å². The standard InChI is InChI=1S/C27H41N3O5/c1-7-11-18(4)29-15-10-13-27-21(20-23(32)28(6)14-9-12-26(20,5)35-27)24(33)30(22(27)25(29)34)19(16-31)17(3)8-2/h9-10,12-13,17-22,31H,7-8,11,14-16H2,1-6H3/t17-,18?,19-,20+,21-,22?,26-,27-/m0/s1. The molecular formula is C27H41N3O5. The van der Waals surface area contributed by atoms with Crippen LogP contribution >= 0.6 is 0 Å². The maximum atomic E-state index is 14.3. The van der Waals surface area contributed by atoms with Crippen LogP contribution in [0, 0.1) is 17.8 Å². The number of ether oxygens (including phenoxy) is 1. The van der Waals surface area contributed by atoms with Gasteiger partial charge in [-0.2, -0.15) is 0 Å². The van der Waals surface area contributed by atoms with E-state index in [1.165, 1.54) is 0 Å². The molecule has 0 bridgehead atoms. The molecule has 4 aliphatic rings. The van der Waals surface area contributed by atoms with Gasteiger partial charge in [-0.05, 0) is 26.2 Å². The number of likely N-dealkylation sites (tertiary alicyclic amines) is 1. The van der Waals surface area contributed by atoms with Crippen molar-refractivity contribution in [2.45, 2.75) is 83.2 Å². The third-order valence-corrected chi connectivity index (χ3v) is 8.81. The fourth-order valence-corrected chi connectivity index (χ4v) is 6.74. The third-order valence-electron chi connectivity index (χ3n) is 8.81. The fraction of sp³-hybridized carbons (Fsp3) is 0.741. The molecule has 35 heavy (non-hydrogen) atoms. The molecule has 1 N–H and O–H groups in total. The molecule has 4 rings (SSSR count). The van der Waals surface area contributed by atoms with Crippen LogP contribution in [0.25, 0.3) is 0 Å². The summed E-state index contributed by atoms with van der Waals surface area (Å²) in [5.74, 6) is -2.21. The maximum absolute atomic E-state index is 14.3. The minimum Gasteiger partial charge on any atom is -0.394 e. The molecule has 0 aromatic rings. The molecule has 0 aromatic carbocycles. The van der Waals surface area contributed by atoms with E-state index < -0.39 is 35.1 Å². The number of amides is 3. The molecule has 4 aliphatic heterocycles. The van der Waals surface area contributed by atoms with Gasteiger partial charge in [0.2, 0.25) is 17.7 Å². The SMILES string of the molecule is CCCC(C)N1CC=C[C@]23O[C@@]4(C)C=CCN(C)C(=O)[C@H]4[C@H]2C(=O)N([C@@H](CO)[C@@H](C)CC)C3C1=O. The molecule has 0 radical (unpaired) electrons. The summed E-state index contributed by atoms with van der Waals surface area (Å²) in [5.41, 5.74) is -2.28. The second-order valence-electron chi connectivity index (χ2n) is 11.0. The predicted molar refractivity (Wildman–Crippen MR) is 132 cm³/mol. The number of carbonyl (C=O) groups excluding carboxylic acids is 3. The summed E-state index contributed by atoms with van der Waals surface area (Å²) < 4.78 is 6.80. The highest BCUT2D eigenvalue weighted by Crippen LogP contribution is 2.58. The average Bonchev–Trinajstić information content (AvgIpc) is 3.09. The molecule has 2 fully saturated rings. The topological polar surface area (TPSA) is 90.4 Å². The molecule has 1 spiro atoms. The Bertz CT molecular complexity index is 934. The molecule has 0 saturated carbocycles. The molecule has 0 aromatic heterocycles. The number of likely N-dealkylation sites (N-methyl/N-ethyl adjacent to an activating group) is 1. The van der Waals surface area contributed by atoms with Gasteiger partial charge in [-0.25, -0.2) is 0 Å². The molecule has 8 nitrogen and oxygen atoms in total. The van der Waals surface area contributed by atoms with Crippen LogP contribution < -0.4 is 0 Å². The van der Waals surface area contributed by atoms with Gasteiger partial charge in [-0.15, -0.1) is 0 Å². The van der Waals surface area contributed by atoms with Gasteiger partial charge in [-0.3, -0.25) is 14.4 Å². The zero-order valence-electron chi connectivity index (χ0n) is 21.9. The van der Waals surface area contributed by atoms with Gasteiger partial charge in [0.15, 0.2) is 0 Å². The Morgan fingerprint density at radius 2 is 1.74 bits per heavy atom. The molecule has 3 amide bonds. The highest BCUT2D eigenvalue weighted by molar-refractivity contribution is 6.00. The van der Waals surface area contributed by atoms with Gasteiger partial charge in [0, 0.05) is 26.2 Å². The molecule has 194 valence electrons. The van der Waals surface area contributed by atoms with Crippen molar-refractivity contribution < 1.29 is 24.2 Å². The van der Waals surface area contributed by atoms with Crippen molar-refractivity contribution in [2.24, 2.45) is 17.8 Å². The lowest BCUT2D eigenvalue weighted by molar-refractivity contribution is -0.157. The van der Waals surface area contributed by atoms with E-state index in [0.717, 1.165) is 19.3 Å². The number of aliphatic hydroxyl groups is 1. The Balaban J connectivity index is 1.90. The number of nitrogens with zero attached hydrogens (tertiary/aromatic N) is 3. The van der Waals surface area contributed by atoms with Crippen molar-refractivity contribution in [2.75, 3.05) is 26.7 Å². The van der Waals surface area contributed by atoms with E-state index >= 15 is 0 Å². The van der Waals surface area contributed by atoms with Crippen LogP contribution in [0.2, 0.25) is 0 Å². The highest BCUT2D eigenvalue weighted by Gasteiger charge is 2.75. The zero-order chi connectivity index (χ0) is 25.7. The monoisotopic (exact) mass is 487 g/mol. The van der Waals surface area contributed by atoms with E-state index in [2.05, 4.69) is 6.92 Å². The summed E-state index contributed by atoms with van der Waals surface area (Å²) in [6, 6.07) is -1.48. The summed E-state index contributed by atoms with van der Waals surface area (Å²) >= 11 is 0. The lowest BCUT2D eigenvalue weighted by Crippen LogP contribution is -2.60. The average molecular weight is 488 g/mol. The first-order valence-electron chi connectivity index (χ1n) is 13.1. The van der Waals surface area contributed by atoms with Crippen LogP contribution in [-0.4, -0.2) is 93.6 Å². The van der Waals surface area contributed by atoms with E-state index in [1.807, 2.05) is 56.9 Å². The van der Waals surface area contributed by atoms with E-state index in [0.29, 0.717) is 13.1 Å². The van der Waals surface area contributed by atoms with Crippen LogP contribution in [0.5, 0.6) is 0 Å². The van der Waals surface area contributed by atoms with Crippen molar-refractivity contribution in [3.8, 4) is 0 Å². The summed E-state index contributed by atoms with van der Waals surface area (Å²) in [5, 5.41) is 10.4. The second kappa shape index (κ2) is 9.36. The first-order chi connectivity index (χ1) is 16.6. The van der Waals surface area contributed by atoms with Crippen molar-refractivity contribution in [3.05, 3.63) is 24.3 Å². The smallest absolute Gasteiger partial charge is 0.249 e. The fourth-order valence-electron chi connectivity index (χ4n) is 6.74. The van der Waals surface area contributed by atoms with Gasteiger partial charge >= 0.3 is 0 Å². The van der Waals surface area contributed by atoms with E-state index in [-0.39, 0.29) is 36.3 Å². The first-order valence-corrected chi connectivity index (χ1v) is 13.1. The number of rotatable bonds is 7. The van der Waals surface area contributed by atoms with Gasteiger partial charge < -0.3 is 24.5 Å². The van der Waals surface area contributed by atoms with Crippen molar-refractivity contribution in [1.82, 2.24) is 14.7 Å². The van der Waals surface area contributed by atoms with E-state index in [4.69, 9.17) is 4.74 Å². The van der Waals surface area contributed by atoms with Crippen molar-refractivity contribution >= 4 is 17.7 Å². The first kappa shape index (κ1) is 25.9. The molecule has 0 aliphatic carbocycles. The van der Waals surface area contributed by atoms with Crippen LogP contribution in [0.4, 0.5) is 0 Å². The number of hydrogen-bond acceptors (Lipinski definition) is 5. The van der Waals surface area contributed by atoms with Crippen LogP contribution in [0.3, 0.4) is 0 Å². The highest BCUT2D eigenvalue weighted by atomic mass is 16.5. The van der Waals surface area contributed by atoms with E-state index in [1.54, 1.807) is 16.8 Å². The maximum Gasteiger partial charge on any atom is 0.249 e. The third kappa shape index (κ3) is 3.75. The lowest BCUT2D eigenvalue weighted by Gasteiger charge is -2.42. The molecule has 2 saturated heterocycles. The van der Waals surface area contributed by atoms with Crippen molar-refractivity contribution in [1.29, 1.82) is 0 Å². The zero-order valence-corrected chi connectivity index (χ0v) is 21.9. The van der Waals surface area contributed by atoms with Crippen molar-refractivity contribution in [3.63, 3.8) is 0 Å². The number of aliphatic hydroxyl groups excluding tert-OH is 1. The summed E-state index contributed by atoms with van der Waals surface area (Å²) in [6.45, 7) is 10.6. The molecule has 8 heteroatoms. The predicted octanol–water partition coefficient (Wildman–Crippen LogP) is 1.98. The Morgan fingerprint density at radius 1 is 1.06 bits per heavy atom. The van der Waals surface area contributed by atoms with Crippen LogP contribution in [-0.2, 0) is 19.1 Å². The van der Waals surface area contributed by atoms with Gasteiger partial charge in [0.05, 0.1) is 30.1 Å². The molecule has 4 heterocycles. The van der Waals surface area contributed by atoms with Gasteiger partial charge in [0.1, 0.15) is 11.6 Å². The molecular weight excluding hydrogens is 446 g/mol. The second-order valence-corrected chi connectivity index (χ2v) is 11.0. The summed E-state index contributed by atoms with van der Waals surface area (Å²) in [7, 11) is 1.73. The lowest BCUT2D eigenvalue weighted by atomic mass is 9.74. The minimum atomic E-state index is -1.27. The Hall–Kier alpha value is -2.19. The number of hydrogen-bond donors (Lipinski definition) is 1. The van der Waals surface area contributed by atoms with Crippen LogP contribution in [0.1, 0.15) is 53.9 Å². The number of carbonyl (C=O) groups is 3. The van der Waals surface area contributed by atoms with Gasteiger partial charge in [0.25, 0.3) is 0 Å². The van der Waals surface area contributed by atoms with E-state index in [9.17, 15) is 19.5 Å². The Kier molecular flexibility index (Phi) is 6.92. The largest absolute Gasteiger partial charge is 0.394 e. The number of fused-ring (bicyclic) bond motifs is 2. The van der Waals surface area contributed by atoms with Gasteiger partial charge in [-0.1, -0.05) is 57.9 Å². The molecule has 2 unspecified atom stereocenters. The molecule has 8 atom stereocenters. The van der Waals surface area contributed by atoms with Crippen LogP contribution in [0.15, 0.2) is 24.3 Å². The minimum absolute atomic E-state index is 0.00499. The summed E-state index contributed by atoms with van der Waals surface area (Å²) in [6.07, 6.45) is 10.1. The normalized spacial score (nSPS) is 37.1.